The molecule has 3 aliphatic heterocycles. The molecular formula is C23H34N6O2. The van der Waals surface area contributed by atoms with Crippen LogP contribution in [0.15, 0.2) is 23.2 Å². The monoisotopic (exact) mass is 426 g/mol. The number of nitrogens with one attached hydrogen (secondary N) is 1. The van der Waals surface area contributed by atoms with Gasteiger partial charge in [0.1, 0.15) is 0 Å². The van der Waals surface area contributed by atoms with E-state index in [-0.39, 0.29) is 11.9 Å². The fourth-order valence-corrected chi connectivity index (χ4v) is 4.66. The lowest BCUT2D eigenvalue weighted by molar-refractivity contribution is -0.127. The minimum absolute atomic E-state index is 0.239. The topological polar surface area (TPSA) is 71.5 Å². The zero-order chi connectivity index (χ0) is 22.1. The molecule has 0 bridgehead atoms. The number of piperazine rings is 1. The maximum atomic E-state index is 12.6. The highest BCUT2D eigenvalue weighted by molar-refractivity contribution is 6.03. The summed E-state index contributed by atoms with van der Waals surface area (Å²) >= 11 is 0. The highest BCUT2D eigenvalue weighted by Gasteiger charge is 2.49. The number of hydrogen-bond acceptors (Lipinski definition) is 6. The van der Waals surface area contributed by atoms with Crippen molar-refractivity contribution in [1.82, 2.24) is 24.9 Å². The number of carbonyl (C=O) groups excluding carboxylic acids is 2. The molecule has 0 radical (unpaired) electrons. The van der Waals surface area contributed by atoms with Crippen LogP contribution in [0.5, 0.6) is 0 Å². The van der Waals surface area contributed by atoms with Crippen LogP contribution in [0.3, 0.4) is 0 Å². The minimum atomic E-state index is -0.443. The predicted octanol–water partition coefficient (Wildman–Crippen LogP) is 1.77. The Hall–Kier alpha value is -2.61. The highest BCUT2D eigenvalue weighted by Crippen LogP contribution is 2.26. The molecule has 8 nitrogen and oxygen atoms in total. The molecule has 168 valence electrons. The Balaban J connectivity index is 1.46. The molecule has 0 aromatic heterocycles. The highest BCUT2D eigenvalue weighted by atomic mass is 16.2. The Bertz CT molecular complexity index is 877. The summed E-state index contributed by atoms with van der Waals surface area (Å²) < 4.78 is 0. The van der Waals surface area contributed by atoms with E-state index >= 15 is 0 Å². The number of amides is 3. The lowest BCUT2D eigenvalue weighted by atomic mass is 10.0. The maximum absolute atomic E-state index is 12.6. The summed E-state index contributed by atoms with van der Waals surface area (Å²) in [5.74, 6) is 0.628. The largest absolute Gasteiger partial charge is 0.340 e. The normalized spacial score (nSPS) is 24.4. The number of unbranched alkanes of at least 4 members (excludes halogenated alkanes) is 1. The Morgan fingerprint density at radius 1 is 1.13 bits per heavy atom. The van der Waals surface area contributed by atoms with Crippen molar-refractivity contribution in [3.8, 4) is 0 Å². The molecule has 8 heteroatoms. The van der Waals surface area contributed by atoms with Gasteiger partial charge in [0, 0.05) is 46.3 Å². The number of rotatable bonds is 5. The van der Waals surface area contributed by atoms with Gasteiger partial charge in [-0.15, -0.1) is 0 Å². The van der Waals surface area contributed by atoms with E-state index in [0.29, 0.717) is 0 Å². The van der Waals surface area contributed by atoms with Gasteiger partial charge >= 0.3 is 6.03 Å². The van der Waals surface area contributed by atoms with Crippen molar-refractivity contribution in [2.75, 3.05) is 39.8 Å². The quantitative estimate of drug-likeness (QED) is 0.777. The summed E-state index contributed by atoms with van der Waals surface area (Å²) in [4.78, 5) is 38.1. The zero-order valence-corrected chi connectivity index (χ0v) is 19.1. The van der Waals surface area contributed by atoms with Gasteiger partial charge in [0.15, 0.2) is 18.2 Å². The van der Waals surface area contributed by atoms with Gasteiger partial charge < -0.3 is 14.7 Å². The van der Waals surface area contributed by atoms with E-state index in [1.807, 2.05) is 0 Å². The molecular weight excluding hydrogens is 392 g/mol. The van der Waals surface area contributed by atoms with Gasteiger partial charge in [0.25, 0.3) is 5.91 Å². The van der Waals surface area contributed by atoms with Gasteiger partial charge in [0.05, 0.1) is 0 Å². The van der Waals surface area contributed by atoms with E-state index in [1.54, 1.807) is 11.9 Å². The summed E-state index contributed by atoms with van der Waals surface area (Å²) in [6, 6.07) is 5.84. The average Bonchev–Trinajstić information content (AvgIpc) is 3.14. The summed E-state index contributed by atoms with van der Waals surface area (Å²) in [6.07, 6.45) is 1.59. The Morgan fingerprint density at radius 2 is 1.87 bits per heavy atom. The molecule has 31 heavy (non-hydrogen) atoms. The van der Waals surface area contributed by atoms with Crippen LogP contribution in [0.2, 0.25) is 0 Å². The number of aliphatic imine (C=N–C) groups is 1. The van der Waals surface area contributed by atoms with Crippen LogP contribution < -0.4 is 5.32 Å². The van der Waals surface area contributed by atoms with Gasteiger partial charge in [0.2, 0.25) is 0 Å². The first-order valence-electron chi connectivity index (χ1n) is 11.3. The predicted molar refractivity (Wildman–Crippen MR) is 121 cm³/mol. The second-order valence-electron chi connectivity index (χ2n) is 8.93. The van der Waals surface area contributed by atoms with Gasteiger partial charge in [-0.2, -0.15) is 0 Å². The van der Waals surface area contributed by atoms with Crippen molar-refractivity contribution in [3.63, 3.8) is 0 Å². The van der Waals surface area contributed by atoms with Crippen molar-refractivity contribution in [1.29, 1.82) is 0 Å². The van der Waals surface area contributed by atoms with Gasteiger partial charge in [-0.25, -0.2) is 9.79 Å². The number of guanidine groups is 1. The van der Waals surface area contributed by atoms with Crippen LogP contribution in [-0.2, 0) is 11.3 Å². The minimum Gasteiger partial charge on any atom is -0.340 e. The van der Waals surface area contributed by atoms with Crippen LogP contribution >= 0.6 is 0 Å². The Labute approximate surface area is 184 Å². The van der Waals surface area contributed by atoms with Crippen LogP contribution in [0.1, 0.15) is 36.5 Å². The summed E-state index contributed by atoms with van der Waals surface area (Å²) in [6.45, 7) is 11.8. The van der Waals surface area contributed by atoms with Crippen LogP contribution in [0.25, 0.3) is 0 Å². The zero-order valence-electron chi connectivity index (χ0n) is 19.1. The molecule has 3 aliphatic rings. The number of imide groups is 1. The SMILES string of the molecule is CCCCN1C(N2CCN(Cc3cc(C)ccc3C)CC2)=NC2C1C(=O)NC(=O)N2C. The second kappa shape index (κ2) is 8.86. The number of carbonyl (C=O) groups is 2. The van der Waals surface area contributed by atoms with Crippen molar-refractivity contribution < 1.29 is 9.59 Å². The van der Waals surface area contributed by atoms with E-state index in [0.717, 1.165) is 58.1 Å². The number of fused-ring (bicyclic) bond motifs is 1. The first kappa shape index (κ1) is 21.6. The number of likely N-dealkylation sites (N-methyl/N-ethyl adjacent to an activating group) is 1. The van der Waals surface area contributed by atoms with E-state index < -0.39 is 12.2 Å². The third-order valence-electron chi connectivity index (χ3n) is 6.65. The van der Waals surface area contributed by atoms with E-state index in [2.05, 4.69) is 59.0 Å². The van der Waals surface area contributed by atoms with Crippen molar-refractivity contribution in [3.05, 3.63) is 34.9 Å². The Morgan fingerprint density at radius 3 is 2.58 bits per heavy atom. The maximum Gasteiger partial charge on any atom is 0.325 e. The second-order valence-corrected chi connectivity index (χ2v) is 8.93. The summed E-state index contributed by atoms with van der Waals surface area (Å²) in [5.41, 5.74) is 4.02. The van der Waals surface area contributed by atoms with Crippen molar-refractivity contribution in [2.24, 2.45) is 4.99 Å². The fraction of sp³-hybridized carbons (Fsp3) is 0.609. The average molecular weight is 427 g/mol. The molecule has 1 aromatic carbocycles. The summed E-state index contributed by atoms with van der Waals surface area (Å²) in [5, 5.41) is 2.48. The lowest BCUT2D eigenvalue weighted by Crippen LogP contribution is -2.64. The summed E-state index contributed by atoms with van der Waals surface area (Å²) in [7, 11) is 1.71. The lowest BCUT2D eigenvalue weighted by Gasteiger charge is -2.40. The molecule has 0 spiro atoms. The van der Waals surface area contributed by atoms with E-state index in [9.17, 15) is 9.59 Å². The standard InChI is InChI=1S/C23H34N6O2/c1-5-6-9-29-19-20(26(4)23(31)25-21(19)30)24-22(29)28-12-10-27(11-13-28)15-18-14-16(2)7-8-17(18)3/h7-8,14,19-20H,5-6,9-13,15H2,1-4H3,(H,25,30,31). The number of benzene rings is 1. The molecule has 2 unspecified atom stereocenters. The number of aryl methyl sites for hydroxylation is 2. The van der Waals surface area contributed by atoms with E-state index in [1.165, 1.54) is 16.7 Å². The Kier molecular flexibility index (Phi) is 6.18. The molecule has 1 aromatic rings. The van der Waals surface area contributed by atoms with Crippen LogP contribution in [0, 0.1) is 13.8 Å². The van der Waals surface area contributed by atoms with Gasteiger partial charge in [-0.05, 0) is 31.4 Å². The smallest absolute Gasteiger partial charge is 0.325 e. The van der Waals surface area contributed by atoms with Crippen molar-refractivity contribution >= 4 is 17.9 Å². The molecule has 3 heterocycles. The molecule has 0 aliphatic carbocycles. The molecule has 0 saturated carbocycles. The third kappa shape index (κ3) is 4.26. The number of urea groups is 1. The number of hydrogen-bond donors (Lipinski definition) is 1. The van der Waals surface area contributed by atoms with Crippen LogP contribution in [-0.4, -0.2) is 89.5 Å². The number of nitrogens with zero attached hydrogens (tertiary/aromatic N) is 5. The molecule has 2 saturated heterocycles. The molecule has 2 atom stereocenters. The van der Waals surface area contributed by atoms with Gasteiger partial charge in [-0.3, -0.25) is 15.0 Å². The molecule has 1 N–H and O–H groups in total. The van der Waals surface area contributed by atoms with Crippen molar-refractivity contribution in [2.45, 2.75) is 52.4 Å². The molecule has 2 fully saturated rings. The molecule has 3 amide bonds. The van der Waals surface area contributed by atoms with E-state index in [4.69, 9.17) is 4.99 Å². The van der Waals surface area contributed by atoms with Crippen LogP contribution in [0.4, 0.5) is 4.79 Å². The third-order valence-corrected chi connectivity index (χ3v) is 6.65. The first-order valence-corrected chi connectivity index (χ1v) is 11.3. The first-order chi connectivity index (χ1) is 14.9. The fourth-order valence-electron chi connectivity index (χ4n) is 4.66. The molecule has 4 rings (SSSR count). The van der Waals surface area contributed by atoms with Gasteiger partial charge in [-0.1, -0.05) is 37.1 Å².